The fraction of sp³-hybridized carbons (Fsp3) is 0.462. The van der Waals surface area contributed by atoms with Crippen molar-refractivity contribution in [3.8, 4) is 0 Å². The second-order valence-corrected chi connectivity index (χ2v) is 4.47. The van der Waals surface area contributed by atoms with Crippen LogP contribution in [0.2, 0.25) is 0 Å². The maximum Gasteiger partial charge on any atom is 0.159 e. The minimum absolute atomic E-state index is 0.0222. The number of hydrogen-bond acceptors (Lipinski definition) is 5. The van der Waals surface area contributed by atoms with Crippen LogP contribution < -0.4 is 5.32 Å². The highest BCUT2D eigenvalue weighted by molar-refractivity contribution is 5.94. The van der Waals surface area contributed by atoms with Gasteiger partial charge in [0.2, 0.25) is 0 Å². The Bertz CT molecular complexity index is 418. The van der Waals surface area contributed by atoms with Crippen LogP contribution in [0.15, 0.2) is 24.3 Å². The number of carbonyl (C=O) groups is 1. The molecule has 0 amide bonds. The van der Waals surface area contributed by atoms with Gasteiger partial charge in [-0.15, -0.1) is 0 Å². The average molecular weight is 251 g/mol. The number of aliphatic hydroxyl groups excluding tert-OH is 2. The van der Waals surface area contributed by atoms with E-state index in [4.69, 9.17) is 4.74 Å². The van der Waals surface area contributed by atoms with Crippen LogP contribution in [0.25, 0.3) is 0 Å². The van der Waals surface area contributed by atoms with Gasteiger partial charge in [-0.05, 0) is 31.2 Å². The van der Waals surface area contributed by atoms with Gasteiger partial charge in [-0.3, -0.25) is 4.79 Å². The van der Waals surface area contributed by atoms with E-state index in [1.165, 1.54) is 6.92 Å². The number of benzene rings is 1. The number of nitrogens with one attached hydrogen (secondary N) is 1. The molecule has 1 aromatic carbocycles. The Morgan fingerprint density at radius 3 is 2.50 bits per heavy atom. The van der Waals surface area contributed by atoms with E-state index in [-0.39, 0.29) is 18.6 Å². The summed E-state index contributed by atoms with van der Waals surface area (Å²) in [5.41, 5.74) is 1.47. The van der Waals surface area contributed by atoms with E-state index in [9.17, 15) is 15.0 Å². The lowest BCUT2D eigenvalue weighted by Crippen LogP contribution is -2.44. The van der Waals surface area contributed by atoms with Crippen LogP contribution >= 0.6 is 0 Å². The fourth-order valence-electron chi connectivity index (χ4n) is 1.86. The Morgan fingerprint density at radius 2 is 1.94 bits per heavy atom. The predicted molar refractivity (Wildman–Crippen MR) is 66.4 cm³/mol. The van der Waals surface area contributed by atoms with Crippen LogP contribution in [-0.2, 0) is 4.74 Å². The zero-order valence-corrected chi connectivity index (χ0v) is 10.2. The van der Waals surface area contributed by atoms with E-state index < -0.39 is 12.2 Å². The molecule has 5 nitrogen and oxygen atoms in total. The third kappa shape index (κ3) is 3.07. The Morgan fingerprint density at radius 1 is 1.28 bits per heavy atom. The molecule has 2 rings (SSSR count). The monoisotopic (exact) mass is 251 g/mol. The minimum atomic E-state index is -0.817. The van der Waals surface area contributed by atoms with Crippen LogP contribution in [-0.4, -0.2) is 41.0 Å². The van der Waals surface area contributed by atoms with Crippen molar-refractivity contribution < 1.29 is 19.7 Å². The number of rotatable bonds is 3. The second kappa shape index (κ2) is 5.48. The van der Waals surface area contributed by atoms with Gasteiger partial charge in [0.05, 0.1) is 12.7 Å². The summed E-state index contributed by atoms with van der Waals surface area (Å²) in [6, 6.07) is 7.05. The van der Waals surface area contributed by atoms with Crippen LogP contribution in [0.3, 0.4) is 0 Å². The van der Waals surface area contributed by atoms with Crippen LogP contribution in [0.5, 0.6) is 0 Å². The summed E-state index contributed by atoms with van der Waals surface area (Å²) in [5.74, 6) is 0.0222. The Hall–Kier alpha value is -1.43. The predicted octanol–water partition coefficient (Wildman–Crippen LogP) is 0.769. The molecule has 1 aliphatic heterocycles. The number of hydrogen-bond donors (Lipinski definition) is 3. The molecule has 1 fully saturated rings. The SMILES string of the molecule is CC(=O)c1ccc(N[C@@H]2C[C@H](O)[C@@H](O)CO2)cc1. The third-order valence-corrected chi connectivity index (χ3v) is 2.99. The topological polar surface area (TPSA) is 78.8 Å². The van der Waals surface area contributed by atoms with Crippen molar-refractivity contribution in [2.75, 3.05) is 11.9 Å². The second-order valence-electron chi connectivity index (χ2n) is 4.47. The molecular formula is C13H17NO4. The summed E-state index contributed by atoms with van der Waals surface area (Å²) >= 11 is 0. The Labute approximate surface area is 105 Å². The zero-order valence-electron chi connectivity index (χ0n) is 10.2. The summed E-state index contributed by atoms with van der Waals surface area (Å²) < 4.78 is 5.35. The molecule has 0 spiro atoms. The Balaban J connectivity index is 1.95. The lowest BCUT2D eigenvalue weighted by atomic mass is 10.1. The smallest absolute Gasteiger partial charge is 0.159 e. The van der Waals surface area contributed by atoms with Crippen molar-refractivity contribution >= 4 is 11.5 Å². The molecule has 5 heteroatoms. The van der Waals surface area contributed by atoms with Crippen molar-refractivity contribution in [3.05, 3.63) is 29.8 Å². The van der Waals surface area contributed by atoms with Crippen LogP contribution in [0, 0.1) is 0 Å². The summed E-state index contributed by atoms with van der Waals surface area (Å²) in [5, 5.41) is 21.9. The summed E-state index contributed by atoms with van der Waals surface area (Å²) in [6.07, 6.45) is -1.59. The van der Waals surface area contributed by atoms with Crippen molar-refractivity contribution in [1.82, 2.24) is 0 Å². The van der Waals surface area contributed by atoms with Gasteiger partial charge in [0, 0.05) is 17.7 Å². The number of ketones is 1. The van der Waals surface area contributed by atoms with Gasteiger partial charge in [-0.1, -0.05) is 0 Å². The summed E-state index contributed by atoms with van der Waals surface area (Å²) in [4.78, 5) is 11.1. The Kier molecular flexibility index (Phi) is 3.96. The van der Waals surface area contributed by atoms with Gasteiger partial charge in [-0.2, -0.15) is 0 Å². The minimum Gasteiger partial charge on any atom is -0.390 e. The molecule has 1 aliphatic rings. The average Bonchev–Trinajstić information content (AvgIpc) is 2.34. The zero-order chi connectivity index (χ0) is 13.1. The molecule has 0 saturated carbocycles. The molecule has 0 aromatic heterocycles. The molecule has 98 valence electrons. The first kappa shape index (κ1) is 13.0. The highest BCUT2D eigenvalue weighted by Crippen LogP contribution is 2.18. The lowest BCUT2D eigenvalue weighted by molar-refractivity contribution is -0.112. The number of Topliss-reactive ketones (excluding diaryl/α,β-unsaturated/α-hetero) is 1. The number of ether oxygens (including phenoxy) is 1. The fourth-order valence-corrected chi connectivity index (χ4v) is 1.86. The standard InChI is InChI=1S/C13H17NO4/c1-8(15)9-2-4-10(5-3-9)14-13-6-11(16)12(17)7-18-13/h2-5,11-14,16-17H,6-7H2,1H3/t11-,12-,13-/m0/s1. The van der Waals surface area contributed by atoms with Crippen LogP contribution in [0.4, 0.5) is 5.69 Å². The van der Waals surface area contributed by atoms with E-state index in [1.54, 1.807) is 24.3 Å². The molecule has 1 aromatic rings. The molecule has 1 heterocycles. The quantitative estimate of drug-likeness (QED) is 0.691. The highest BCUT2D eigenvalue weighted by atomic mass is 16.5. The first-order valence-electron chi connectivity index (χ1n) is 5.91. The molecule has 18 heavy (non-hydrogen) atoms. The normalized spacial score (nSPS) is 27.8. The molecule has 0 bridgehead atoms. The van der Waals surface area contributed by atoms with Gasteiger partial charge < -0.3 is 20.3 Å². The molecule has 1 saturated heterocycles. The molecule has 0 radical (unpaired) electrons. The van der Waals surface area contributed by atoms with E-state index >= 15 is 0 Å². The molecular weight excluding hydrogens is 234 g/mol. The van der Waals surface area contributed by atoms with Crippen molar-refractivity contribution in [2.24, 2.45) is 0 Å². The van der Waals surface area contributed by atoms with Crippen LogP contribution in [0.1, 0.15) is 23.7 Å². The summed E-state index contributed by atoms with van der Waals surface area (Å²) in [7, 11) is 0. The van der Waals surface area contributed by atoms with Crippen molar-refractivity contribution in [1.29, 1.82) is 0 Å². The first-order valence-corrected chi connectivity index (χ1v) is 5.91. The van der Waals surface area contributed by atoms with Gasteiger partial charge in [0.1, 0.15) is 12.3 Å². The molecule has 0 aliphatic carbocycles. The largest absolute Gasteiger partial charge is 0.390 e. The molecule has 3 N–H and O–H groups in total. The van der Waals surface area contributed by atoms with Gasteiger partial charge in [0.15, 0.2) is 5.78 Å². The third-order valence-electron chi connectivity index (χ3n) is 2.99. The van der Waals surface area contributed by atoms with Crippen molar-refractivity contribution in [3.63, 3.8) is 0 Å². The maximum atomic E-state index is 11.1. The highest BCUT2D eigenvalue weighted by Gasteiger charge is 2.28. The number of anilines is 1. The van der Waals surface area contributed by atoms with E-state index in [0.717, 1.165) is 5.69 Å². The number of aliphatic hydroxyl groups is 2. The van der Waals surface area contributed by atoms with E-state index in [0.29, 0.717) is 12.0 Å². The van der Waals surface area contributed by atoms with Gasteiger partial charge in [0.25, 0.3) is 0 Å². The number of carbonyl (C=O) groups excluding carboxylic acids is 1. The maximum absolute atomic E-state index is 11.1. The lowest BCUT2D eigenvalue weighted by Gasteiger charge is -2.31. The van der Waals surface area contributed by atoms with Crippen molar-refractivity contribution in [2.45, 2.75) is 31.8 Å². The molecule has 3 atom stereocenters. The van der Waals surface area contributed by atoms with E-state index in [2.05, 4.69) is 5.32 Å². The van der Waals surface area contributed by atoms with Gasteiger partial charge >= 0.3 is 0 Å². The summed E-state index contributed by atoms with van der Waals surface area (Å²) in [6.45, 7) is 1.63. The molecule has 0 unspecified atom stereocenters. The first-order chi connectivity index (χ1) is 8.56. The van der Waals surface area contributed by atoms with Gasteiger partial charge in [-0.25, -0.2) is 0 Å². The van der Waals surface area contributed by atoms with E-state index in [1.807, 2.05) is 0 Å².